The third-order valence-corrected chi connectivity index (χ3v) is 4.40. The van der Waals surface area contributed by atoms with Crippen LogP contribution in [-0.2, 0) is 0 Å². The van der Waals surface area contributed by atoms with Crippen molar-refractivity contribution in [3.8, 4) is 6.01 Å². The third kappa shape index (κ3) is 3.86. The van der Waals surface area contributed by atoms with E-state index in [4.69, 9.17) is 10.5 Å². The van der Waals surface area contributed by atoms with Gasteiger partial charge in [0.2, 0.25) is 11.9 Å². The minimum atomic E-state index is 0.192. The zero-order valence-electron chi connectivity index (χ0n) is 11.4. The maximum atomic E-state index is 5.67. The molecule has 2 atom stereocenters. The molecule has 19 heavy (non-hydrogen) atoms. The van der Waals surface area contributed by atoms with E-state index in [9.17, 15) is 0 Å². The van der Waals surface area contributed by atoms with Gasteiger partial charge in [-0.2, -0.15) is 26.7 Å². The maximum Gasteiger partial charge on any atom is 0.323 e. The molecule has 1 saturated carbocycles. The lowest BCUT2D eigenvalue weighted by Gasteiger charge is -2.30. The molecule has 2 rings (SSSR count). The zero-order chi connectivity index (χ0) is 13.7. The van der Waals surface area contributed by atoms with Crippen molar-refractivity contribution in [3.63, 3.8) is 0 Å². The lowest BCUT2D eigenvalue weighted by Crippen LogP contribution is -2.35. The smallest absolute Gasteiger partial charge is 0.323 e. The van der Waals surface area contributed by atoms with Crippen molar-refractivity contribution in [3.05, 3.63) is 0 Å². The number of thioether (sulfide) groups is 1. The molecule has 0 bridgehead atoms. The van der Waals surface area contributed by atoms with E-state index in [0.29, 0.717) is 23.8 Å². The molecule has 1 heterocycles. The van der Waals surface area contributed by atoms with Crippen LogP contribution in [0.25, 0.3) is 0 Å². The summed E-state index contributed by atoms with van der Waals surface area (Å²) in [4.78, 5) is 12.3. The summed E-state index contributed by atoms with van der Waals surface area (Å²) < 4.78 is 5.28. The predicted octanol–water partition coefficient (Wildman–Crippen LogP) is 1.94. The van der Waals surface area contributed by atoms with E-state index < -0.39 is 0 Å². The Balaban J connectivity index is 2.08. The molecule has 1 aliphatic rings. The summed E-state index contributed by atoms with van der Waals surface area (Å²) in [6, 6.07) is 0.675. The second-order valence-corrected chi connectivity index (χ2v) is 5.62. The van der Waals surface area contributed by atoms with Crippen molar-refractivity contribution in [2.75, 3.05) is 23.9 Å². The Labute approximate surface area is 117 Å². The Kier molecular flexibility index (Phi) is 5.07. The van der Waals surface area contributed by atoms with E-state index in [-0.39, 0.29) is 12.0 Å². The molecular formula is C12H21N5OS. The first-order valence-corrected chi connectivity index (χ1v) is 7.95. The van der Waals surface area contributed by atoms with E-state index >= 15 is 0 Å². The average Bonchev–Trinajstić information content (AvgIpc) is 2.39. The van der Waals surface area contributed by atoms with E-state index in [1.807, 2.05) is 18.7 Å². The van der Waals surface area contributed by atoms with Gasteiger partial charge in [0.1, 0.15) is 0 Å². The molecule has 1 aromatic rings. The summed E-state index contributed by atoms with van der Waals surface area (Å²) in [6.07, 6.45) is 7.07. The number of hydrogen-bond acceptors (Lipinski definition) is 7. The zero-order valence-corrected chi connectivity index (χ0v) is 12.2. The summed E-state index contributed by atoms with van der Waals surface area (Å²) in [5, 5.41) is 3.98. The van der Waals surface area contributed by atoms with Gasteiger partial charge in [-0.1, -0.05) is 12.8 Å². The van der Waals surface area contributed by atoms with Crippen LogP contribution in [-0.4, -0.2) is 39.1 Å². The van der Waals surface area contributed by atoms with E-state index in [0.717, 1.165) is 6.42 Å². The Morgan fingerprint density at radius 2 is 2.11 bits per heavy atom. The topological polar surface area (TPSA) is 86.0 Å². The van der Waals surface area contributed by atoms with Crippen molar-refractivity contribution < 1.29 is 4.74 Å². The van der Waals surface area contributed by atoms with Gasteiger partial charge in [0.15, 0.2) is 0 Å². The van der Waals surface area contributed by atoms with Gasteiger partial charge in [0, 0.05) is 11.3 Å². The minimum Gasteiger partial charge on any atom is -0.464 e. The number of hydrogen-bond donors (Lipinski definition) is 2. The van der Waals surface area contributed by atoms with Crippen LogP contribution in [0.1, 0.15) is 32.6 Å². The van der Waals surface area contributed by atoms with Crippen molar-refractivity contribution in [2.45, 2.75) is 43.9 Å². The van der Waals surface area contributed by atoms with Gasteiger partial charge >= 0.3 is 6.01 Å². The van der Waals surface area contributed by atoms with E-state index in [1.54, 1.807) is 0 Å². The highest BCUT2D eigenvalue weighted by Crippen LogP contribution is 2.29. The maximum absolute atomic E-state index is 5.67. The molecule has 3 N–H and O–H groups in total. The molecule has 0 radical (unpaired) electrons. The van der Waals surface area contributed by atoms with Crippen LogP contribution in [0, 0.1) is 0 Å². The minimum absolute atomic E-state index is 0.192. The molecule has 1 fully saturated rings. The summed E-state index contributed by atoms with van der Waals surface area (Å²) in [5.41, 5.74) is 5.67. The van der Waals surface area contributed by atoms with Crippen molar-refractivity contribution >= 4 is 23.7 Å². The standard InChI is InChI=1S/C12H21N5OS/c1-3-18-12-16-10(13)15-11(17-12)14-8-6-4-5-7-9(8)19-2/h8-9H,3-7H2,1-2H3,(H3,13,14,15,16,17). The van der Waals surface area contributed by atoms with Crippen molar-refractivity contribution in [1.82, 2.24) is 15.0 Å². The molecule has 0 amide bonds. The number of aromatic nitrogens is 3. The largest absolute Gasteiger partial charge is 0.464 e. The number of rotatable bonds is 5. The van der Waals surface area contributed by atoms with Gasteiger partial charge in [-0.15, -0.1) is 0 Å². The summed E-state index contributed by atoms with van der Waals surface area (Å²) in [6.45, 7) is 2.40. The molecule has 7 heteroatoms. The summed E-state index contributed by atoms with van der Waals surface area (Å²) >= 11 is 1.90. The number of nitrogens with one attached hydrogen (secondary N) is 1. The van der Waals surface area contributed by atoms with Crippen LogP contribution in [0.3, 0.4) is 0 Å². The highest BCUT2D eigenvalue weighted by atomic mass is 32.2. The Hall–Kier alpha value is -1.24. The molecule has 0 aromatic carbocycles. The van der Waals surface area contributed by atoms with Gasteiger partial charge in [0.25, 0.3) is 0 Å². The quantitative estimate of drug-likeness (QED) is 0.854. The first-order chi connectivity index (χ1) is 9.22. The fourth-order valence-corrected chi connectivity index (χ4v) is 3.28. The van der Waals surface area contributed by atoms with Crippen LogP contribution in [0.15, 0.2) is 0 Å². The molecule has 0 spiro atoms. The van der Waals surface area contributed by atoms with Crippen LogP contribution < -0.4 is 15.8 Å². The summed E-state index contributed by atoms with van der Waals surface area (Å²) in [5.74, 6) is 0.708. The monoisotopic (exact) mass is 283 g/mol. The third-order valence-electron chi connectivity index (χ3n) is 3.23. The van der Waals surface area contributed by atoms with Gasteiger partial charge in [-0.25, -0.2) is 0 Å². The van der Waals surface area contributed by atoms with Gasteiger partial charge < -0.3 is 15.8 Å². The predicted molar refractivity (Wildman–Crippen MR) is 78.6 cm³/mol. The average molecular weight is 283 g/mol. The SMILES string of the molecule is CCOc1nc(N)nc(NC2CCCCC2SC)n1. The number of ether oxygens (including phenoxy) is 1. The van der Waals surface area contributed by atoms with Crippen molar-refractivity contribution in [2.24, 2.45) is 0 Å². The fourth-order valence-electron chi connectivity index (χ4n) is 2.34. The first kappa shape index (κ1) is 14.2. The number of nitrogen functional groups attached to an aromatic ring is 1. The second-order valence-electron chi connectivity index (χ2n) is 4.54. The lowest BCUT2D eigenvalue weighted by atomic mass is 9.95. The highest BCUT2D eigenvalue weighted by molar-refractivity contribution is 7.99. The lowest BCUT2D eigenvalue weighted by molar-refractivity contribution is 0.312. The molecule has 106 valence electrons. The molecule has 2 unspecified atom stereocenters. The van der Waals surface area contributed by atoms with Crippen LogP contribution in [0.2, 0.25) is 0 Å². The van der Waals surface area contributed by atoms with Gasteiger partial charge in [0.05, 0.1) is 6.61 Å². The number of nitrogens with two attached hydrogens (primary N) is 1. The van der Waals surface area contributed by atoms with Crippen LogP contribution in [0.4, 0.5) is 11.9 Å². The first-order valence-electron chi connectivity index (χ1n) is 6.66. The van der Waals surface area contributed by atoms with E-state index in [1.165, 1.54) is 19.3 Å². The Bertz CT molecular complexity index is 417. The number of anilines is 2. The molecule has 0 aliphatic heterocycles. The van der Waals surface area contributed by atoms with Crippen LogP contribution in [0.5, 0.6) is 6.01 Å². The Morgan fingerprint density at radius 3 is 2.84 bits per heavy atom. The van der Waals surface area contributed by atoms with Crippen LogP contribution >= 0.6 is 11.8 Å². The number of nitrogens with zero attached hydrogens (tertiary/aromatic N) is 3. The normalized spacial score (nSPS) is 23.1. The summed E-state index contributed by atoms with van der Waals surface area (Å²) in [7, 11) is 0. The molecule has 1 aliphatic carbocycles. The molecular weight excluding hydrogens is 262 g/mol. The van der Waals surface area contributed by atoms with Gasteiger partial charge in [-0.3, -0.25) is 0 Å². The fraction of sp³-hybridized carbons (Fsp3) is 0.750. The van der Waals surface area contributed by atoms with E-state index in [2.05, 4.69) is 26.5 Å². The van der Waals surface area contributed by atoms with Crippen molar-refractivity contribution in [1.29, 1.82) is 0 Å². The van der Waals surface area contributed by atoms with Gasteiger partial charge in [-0.05, 0) is 26.0 Å². The molecule has 1 aromatic heterocycles. The Morgan fingerprint density at radius 1 is 1.32 bits per heavy atom. The molecule has 6 nitrogen and oxygen atoms in total. The second kappa shape index (κ2) is 6.79. The highest BCUT2D eigenvalue weighted by Gasteiger charge is 2.25. The molecule has 0 saturated heterocycles.